The molecule has 0 spiro atoms. The fraction of sp³-hybridized carbons (Fsp3) is 0.158. The predicted molar refractivity (Wildman–Crippen MR) is 92.2 cm³/mol. The highest BCUT2D eigenvalue weighted by molar-refractivity contribution is 6.31. The Bertz CT molecular complexity index is 1020. The zero-order valence-corrected chi connectivity index (χ0v) is 13.5. The number of halogens is 1. The van der Waals surface area contributed by atoms with Crippen LogP contribution < -0.4 is 5.43 Å². The number of carbonyl (C=O) groups excluding carboxylic acids is 1. The van der Waals surface area contributed by atoms with Gasteiger partial charge in [0, 0.05) is 11.4 Å². The van der Waals surface area contributed by atoms with E-state index in [2.05, 4.69) is 0 Å². The average Bonchev–Trinajstić information content (AvgIpc) is 2.59. The molecule has 0 fully saturated rings. The number of carbonyl (C=O) groups is 1. The maximum absolute atomic E-state index is 12.7. The number of fused-ring (bicyclic) bond motifs is 2. The van der Waals surface area contributed by atoms with Crippen molar-refractivity contribution in [1.82, 2.24) is 4.73 Å². The van der Waals surface area contributed by atoms with Gasteiger partial charge in [-0.1, -0.05) is 41.9 Å². The van der Waals surface area contributed by atoms with Crippen LogP contribution in [-0.2, 0) is 6.42 Å². The summed E-state index contributed by atoms with van der Waals surface area (Å²) in [4.78, 5) is 25.3. The molecular weight excluding hydrogens is 326 g/mol. The molecule has 0 aliphatic heterocycles. The third-order valence-corrected chi connectivity index (χ3v) is 4.86. The Morgan fingerprint density at radius 2 is 1.79 bits per heavy atom. The minimum atomic E-state index is -0.357. The van der Waals surface area contributed by atoms with Crippen molar-refractivity contribution < 1.29 is 10.0 Å². The summed E-state index contributed by atoms with van der Waals surface area (Å²) in [5.74, 6) is -0.284. The van der Waals surface area contributed by atoms with Gasteiger partial charge >= 0.3 is 0 Å². The van der Waals surface area contributed by atoms with Crippen molar-refractivity contribution in [2.45, 2.75) is 18.8 Å². The van der Waals surface area contributed by atoms with Crippen LogP contribution in [0.3, 0.4) is 0 Å². The van der Waals surface area contributed by atoms with Gasteiger partial charge in [-0.15, -0.1) is 0 Å². The van der Waals surface area contributed by atoms with Crippen molar-refractivity contribution >= 4 is 28.3 Å². The molecule has 1 atom stereocenters. The molecule has 1 aromatic heterocycles. The first-order valence-electron chi connectivity index (χ1n) is 7.71. The van der Waals surface area contributed by atoms with Crippen LogP contribution in [0.2, 0.25) is 5.02 Å². The van der Waals surface area contributed by atoms with E-state index in [1.54, 1.807) is 12.1 Å². The Kier molecular flexibility index (Phi) is 3.43. The number of rotatable bonds is 1. The molecule has 1 unspecified atom stereocenters. The predicted octanol–water partition coefficient (Wildman–Crippen LogP) is 3.80. The highest BCUT2D eigenvalue weighted by atomic mass is 35.5. The second-order valence-electron chi connectivity index (χ2n) is 6.06. The normalized spacial score (nSPS) is 17.0. The molecule has 5 heteroatoms. The average molecular weight is 340 g/mol. The quantitative estimate of drug-likeness (QED) is 0.686. The Morgan fingerprint density at radius 3 is 2.54 bits per heavy atom. The van der Waals surface area contributed by atoms with E-state index in [0.717, 1.165) is 10.3 Å². The summed E-state index contributed by atoms with van der Waals surface area (Å²) in [6, 6.07) is 14.4. The number of hydrogen-bond donors (Lipinski definition) is 1. The SMILES string of the molecule is O=C1CC(c2ccccc2)Cc2c1c(=O)c1cc(Cl)ccc1n2O. The lowest BCUT2D eigenvalue weighted by Crippen LogP contribution is -2.30. The van der Waals surface area contributed by atoms with Gasteiger partial charge < -0.3 is 5.21 Å². The Balaban J connectivity index is 1.94. The zero-order chi connectivity index (χ0) is 16.8. The minimum Gasteiger partial charge on any atom is -0.428 e. The minimum absolute atomic E-state index is 0.0475. The van der Waals surface area contributed by atoms with Gasteiger partial charge in [-0.2, -0.15) is 4.73 Å². The summed E-state index contributed by atoms with van der Waals surface area (Å²) in [5, 5.41) is 11.2. The third kappa shape index (κ3) is 2.22. The number of Topliss-reactive ketones (excluding diaryl/α,β-unsaturated/α-hetero) is 1. The number of pyridine rings is 1. The van der Waals surface area contributed by atoms with E-state index in [9.17, 15) is 14.8 Å². The monoisotopic (exact) mass is 339 g/mol. The van der Waals surface area contributed by atoms with Gasteiger partial charge in [-0.05, 0) is 36.1 Å². The van der Waals surface area contributed by atoms with E-state index < -0.39 is 0 Å². The fourth-order valence-corrected chi connectivity index (χ4v) is 3.63. The van der Waals surface area contributed by atoms with Gasteiger partial charge in [0.2, 0.25) is 5.43 Å². The maximum atomic E-state index is 12.7. The Hall–Kier alpha value is -2.59. The molecule has 2 aromatic carbocycles. The summed E-state index contributed by atoms with van der Waals surface area (Å²) in [7, 11) is 0. The molecule has 4 nitrogen and oxygen atoms in total. The van der Waals surface area contributed by atoms with Gasteiger partial charge in [-0.25, -0.2) is 0 Å². The van der Waals surface area contributed by atoms with E-state index >= 15 is 0 Å². The Labute approximate surface area is 142 Å². The van der Waals surface area contributed by atoms with Gasteiger partial charge in [0.1, 0.15) is 0 Å². The van der Waals surface area contributed by atoms with E-state index in [0.29, 0.717) is 22.7 Å². The molecule has 0 saturated carbocycles. The summed E-state index contributed by atoms with van der Waals surface area (Å²) in [6.07, 6.45) is 0.702. The molecule has 1 heterocycles. The van der Waals surface area contributed by atoms with Crippen LogP contribution in [0.15, 0.2) is 53.3 Å². The van der Waals surface area contributed by atoms with Crippen LogP contribution >= 0.6 is 11.6 Å². The number of nitrogens with zero attached hydrogens (tertiary/aromatic N) is 1. The molecule has 1 N–H and O–H groups in total. The van der Waals surface area contributed by atoms with E-state index in [1.165, 1.54) is 6.07 Å². The van der Waals surface area contributed by atoms with Gasteiger partial charge in [-0.3, -0.25) is 9.59 Å². The van der Waals surface area contributed by atoms with E-state index in [4.69, 9.17) is 11.6 Å². The lowest BCUT2D eigenvalue weighted by Gasteiger charge is -2.25. The van der Waals surface area contributed by atoms with Crippen LogP contribution in [0.25, 0.3) is 10.9 Å². The highest BCUT2D eigenvalue weighted by Crippen LogP contribution is 2.32. The van der Waals surface area contributed by atoms with E-state index in [-0.39, 0.29) is 34.5 Å². The number of benzene rings is 2. The van der Waals surface area contributed by atoms with Crippen molar-refractivity contribution in [2.75, 3.05) is 0 Å². The lowest BCUT2D eigenvalue weighted by atomic mass is 9.81. The topological polar surface area (TPSA) is 59.3 Å². The van der Waals surface area contributed by atoms with E-state index in [1.807, 2.05) is 30.3 Å². The molecule has 3 aromatic rings. The second kappa shape index (κ2) is 5.49. The van der Waals surface area contributed by atoms with Crippen molar-refractivity contribution in [3.05, 3.63) is 80.6 Å². The molecule has 0 radical (unpaired) electrons. The van der Waals surface area contributed by atoms with Crippen molar-refractivity contribution in [1.29, 1.82) is 0 Å². The standard InChI is InChI=1S/C19H14ClNO3/c20-13-6-7-15-14(10-13)19(23)18-16(21(15)24)8-12(9-17(18)22)11-4-2-1-3-5-11/h1-7,10,12,24H,8-9H2. The Morgan fingerprint density at radius 1 is 1.04 bits per heavy atom. The lowest BCUT2D eigenvalue weighted by molar-refractivity contribution is 0.0949. The number of aromatic nitrogens is 1. The van der Waals surface area contributed by atoms with Crippen LogP contribution in [0.5, 0.6) is 0 Å². The van der Waals surface area contributed by atoms with Crippen LogP contribution in [0.1, 0.15) is 34.0 Å². The van der Waals surface area contributed by atoms with Crippen molar-refractivity contribution in [2.24, 2.45) is 0 Å². The molecule has 1 aliphatic rings. The van der Waals surface area contributed by atoms with Crippen molar-refractivity contribution in [3.63, 3.8) is 0 Å². The first kappa shape index (κ1) is 15.0. The molecule has 1 aliphatic carbocycles. The van der Waals surface area contributed by atoms with Crippen LogP contribution in [0.4, 0.5) is 0 Å². The molecular formula is C19H14ClNO3. The number of ketones is 1. The van der Waals surface area contributed by atoms with Gasteiger partial charge in [0.05, 0.1) is 22.2 Å². The second-order valence-corrected chi connectivity index (χ2v) is 6.50. The molecule has 0 saturated heterocycles. The molecule has 0 amide bonds. The molecule has 120 valence electrons. The summed E-state index contributed by atoms with van der Waals surface area (Å²) < 4.78 is 0.968. The van der Waals surface area contributed by atoms with Crippen LogP contribution in [-0.4, -0.2) is 15.7 Å². The fourth-order valence-electron chi connectivity index (χ4n) is 3.46. The maximum Gasteiger partial charge on any atom is 0.200 e. The molecule has 24 heavy (non-hydrogen) atoms. The van der Waals surface area contributed by atoms with Crippen molar-refractivity contribution in [3.8, 4) is 0 Å². The number of hydrogen-bond acceptors (Lipinski definition) is 3. The zero-order valence-electron chi connectivity index (χ0n) is 12.7. The summed E-state index contributed by atoms with van der Waals surface area (Å²) in [5.41, 5.74) is 1.49. The molecule has 4 rings (SSSR count). The first-order valence-corrected chi connectivity index (χ1v) is 8.08. The van der Waals surface area contributed by atoms with Gasteiger partial charge in [0.15, 0.2) is 5.78 Å². The van der Waals surface area contributed by atoms with Crippen LogP contribution in [0, 0.1) is 0 Å². The summed E-state index contributed by atoms with van der Waals surface area (Å²) >= 11 is 5.95. The first-order chi connectivity index (χ1) is 11.6. The third-order valence-electron chi connectivity index (χ3n) is 4.62. The smallest absolute Gasteiger partial charge is 0.200 e. The highest BCUT2D eigenvalue weighted by Gasteiger charge is 2.32. The van der Waals surface area contributed by atoms with Gasteiger partial charge in [0.25, 0.3) is 0 Å². The molecule has 0 bridgehead atoms. The summed E-state index contributed by atoms with van der Waals surface area (Å²) in [6.45, 7) is 0. The largest absolute Gasteiger partial charge is 0.428 e.